The summed E-state index contributed by atoms with van der Waals surface area (Å²) in [4.78, 5) is 19.5. The Morgan fingerprint density at radius 1 is 1.15 bits per heavy atom. The van der Waals surface area contributed by atoms with Crippen molar-refractivity contribution in [1.29, 1.82) is 0 Å². The maximum absolute atomic E-state index is 13.9. The van der Waals surface area contributed by atoms with Crippen LogP contribution in [0.5, 0.6) is 5.75 Å². The number of ether oxygens (including phenoxy) is 1. The number of anilines is 1. The van der Waals surface area contributed by atoms with Crippen molar-refractivity contribution in [3.05, 3.63) is 65.5 Å². The highest BCUT2D eigenvalue weighted by atomic mass is 35.5. The zero-order chi connectivity index (χ0) is 27.5. The quantitative estimate of drug-likeness (QED) is 0.307. The molecule has 202 valence electrons. The van der Waals surface area contributed by atoms with Crippen molar-refractivity contribution in [3.8, 4) is 22.8 Å². The normalized spacial score (nSPS) is 18.8. The summed E-state index contributed by atoms with van der Waals surface area (Å²) in [5, 5.41) is 9.18. The van der Waals surface area contributed by atoms with Gasteiger partial charge in [0.2, 0.25) is 0 Å². The highest BCUT2D eigenvalue weighted by Crippen LogP contribution is 2.55. The number of benzene rings is 2. The Kier molecular flexibility index (Phi) is 6.14. The number of amides is 1. The van der Waals surface area contributed by atoms with Crippen LogP contribution in [-0.2, 0) is 16.1 Å². The summed E-state index contributed by atoms with van der Waals surface area (Å²) in [5.74, 6) is 0.743. The van der Waals surface area contributed by atoms with Crippen LogP contribution in [0.1, 0.15) is 24.4 Å². The minimum absolute atomic E-state index is 0.185. The lowest BCUT2D eigenvalue weighted by molar-refractivity contribution is -0.134. The van der Waals surface area contributed by atoms with Crippen molar-refractivity contribution < 1.29 is 22.7 Å². The monoisotopic (exact) mass is 574 g/mol. The lowest BCUT2D eigenvalue weighted by Crippen LogP contribution is -2.53. The molecule has 0 N–H and O–H groups in total. The lowest BCUT2D eigenvalue weighted by atomic mass is 9.94. The smallest absolute Gasteiger partial charge is 0.406 e. The summed E-state index contributed by atoms with van der Waals surface area (Å²) in [6, 6.07) is 10.1. The largest absolute Gasteiger partial charge is 0.495 e. The van der Waals surface area contributed by atoms with Crippen molar-refractivity contribution in [1.82, 2.24) is 24.3 Å². The summed E-state index contributed by atoms with van der Waals surface area (Å²) < 4.78 is 48.8. The lowest BCUT2D eigenvalue weighted by Gasteiger charge is -2.43. The van der Waals surface area contributed by atoms with E-state index in [1.165, 1.54) is 23.9 Å². The number of fused-ring (bicyclic) bond motifs is 3. The number of thioether (sulfide) groups is 1. The van der Waals surface area contributed by atoms with Crippen molar-refractivity contribution >= 4 is 35.0 Å². The number of aromatic nitrogens is 5. The molecule has 2 aliphatic heterocycles. The average molecular weight is 575 g/mol. The van der Waals surface area contributed by atoms with Gasteiger partial charge in [0.25, 0.3) is 5.91 Å². The van der Waals surface area contributed by atoms with Crippen molar-refractivity contribution in [2.75, 3.05) is 18.6 Å². The molecule has 2 aromatic heterocycles. The molecule has 4 aromatic rings. The number of carbonyl (C=O) groups excluding carboxylic acids is 1. The van der Waals surface area contributed by atoms with Crippen molar-refractivity contribution in [2.24, 2.45) is 0 Å². The maximum atomic E-state index is 13.9. The van der Waals surface area contributed by atoms with E-state index in [9.17, 15) is 18.0 Å². The molecule has 0 saturated carbocycles. The molecule has 1 spiro atoms. The Balaban J connectivity index is 1.45. The molecular formula is C26H22ClF3N6O2S. The van der Waals surface area contributed by atoms with Gasteiger partial charge in [0.1, 0.15) is 12.3 Å². The highest BCUT2D eigenvalue weighted by molar-refractivity contribution is 8.01. The van der Waals surface area contributed by atoms with Crippen LogP contribution < -0.4 is 9.64 Å². The molecule has 0 aliphatic carbocycles. The van der Waals surface area contributed by atoms with Crippen molar-refractivity contribution in [2.45, 2.75) is 42.1 Å². The fraction of sp³-hybridized carbons (Fsp3) is 0.308. The van der Waals surface area contributed by atoms with Crippen LogP contribution in [0.4, 0.5) is 18.9 Å². The molecule has 39 heavy (non-hydrogen) atoms. The van der Waals surface area contributed by atoms with Crippen LogP contribution in [-0.4, -0.2) is 50.1 Å². The predicted octanol–water partition coefficient (Wildman–Crippen LogP) is 5.79. The Labute approximate surface area is 230 Å². The fourth-order valence-electron chi connectivity index (χ4n) is 5.20. The third kappa shape index (κ3) is 4.35. The Morgan fingerprint density at radius 3 is 2.67 bits per heavy atom. The molecule has 13 heteroatoms. The van der Waals surface area contributed by atoms with E-state index in [4.69, 9.17) is 16.3 Å². The standard InChI is InChI=1S/C26H22ClF3N6O2S/c1-15-12-34(14-31-15)18-6-4-16(10-20(18)38-2)22-32-33-23-25(8-3-9-35(22)23)24(37)36(13-26(28,29)30)19-7-5-17(27)11-21(19)39-25/h4-7,10-12,14H,3,8-9,13H2,1-2H3. The molecule has 1 atom stereocenters. The third-order valence-corrected chi connectivity index (χ3v) is 8.57. The van der Waals surface area contributed by atoms with Gasteiger partial charge in [0.05, 0.1) is 30.5 Å². The second-order valence-electron chi connectivity index (χ2n) is 9.46. The number of aryl methyl sites for hydroxylation is 1. The Morgan fingerprint density at radius 2 is 1.95 bits per heavy atom. The molecule has 4 heterocycles. The highest BCUT2D eigenvalue weighted by Gasteiger charge is 2.54. The third-order valence-electron chi connectivity index (χ3n) is 6.88. The molecule has 0 fully saturated rings. The van der Waals surface area contributed by atoms with E-state index in [1.807, 2.05) is 40.5 Å². The van der Waals surface area contributed by atoms with Crippen LogP contribution in [0.15, 0.2) is 53.8 Å². The SMILES string of the molecule is COc1cc(-c2nnc3n2CCCC32Sc3cc(Cl)ccc3N(CC(F)(F)F)C2=O)ccc1-n1cnc(C)c1. The number of nitrogens with zero attached hydrogens (tertiary/aromatic N) is 6. The van der Waals surface area contributed by atoms with Gasteiger partial charge in [-0.05, 0) is 56.2 Å². The number of imidazole rings is 1. The van der Waals surface area contributed by atoms with E-state index in [2.05, 4.69) is 15.2 Å². The first-order chi connectivity index (χ1) is 18.6. The summed E-state index contributed by atoms with van der Waals surface area (Å²) >= 11 is 7.39. The van der Waals surface area contributed by atoms with Gasteiger partial charge in [0.15, 0.2) is 16.4 Å². The van der Waals surface area contributed by atoms with E-state index >= 15 is 0 Å². The fourth-order valence-corrected chi connectivity index (χ4v) is 6.96. The molecule has 0 saturated heterocycles. The van der Waals surface area contributed by atoms with Crippen LogP contribution in [0, 0.1) is 6.92 Å². The van der Waals surface area contributed by atoms with Gasteiger partial charge in [-0.1, -0.05) is 23.4 Å². The topological polar surface area (TPSA) is 78.1 Å². The second kappa shape index (κ2) is 9.30. The number of alkyl halides is 3. The van der Waals surface area contributed by atoms with E-state index in [-0.39, 0.29) is 5.69 Å². The Bertz CT molecular complexity index is 1600. The van der Waals surface area contributed by atoms with Crippen LogP contribution in [0.2, 0.25) is 5.02 Å². The minimum Gasteiger partial charge on any atom is -0.495 e. The summed E-state index contributed by atoms with van der Waals surface area (Å²) in [7, 11) is 1.57. The number of hydrogen-bond donors (Lipinski definition) is 0. The van der Waals surface area contributed by atoms with Gasteiger partial charge in [-0.15, -0.1) is 10.2 Å². The number of rotatable bonds is 4. The number of halogens is 4. The molecule has 2 aliphatic rings. The second-order valence-corrected chi connectivity index (χ2v) is 11.2. The van der Waals surface area contributed by atoms with Gasteiger partial charge in [-0.2, -0.15) is 13.2 Å². The zero-order valence-electron chi connectivity index (χ0n) is 20.9. The van der Waals surface area contributed by atoms with Gasteiger partial charge >= 0.3 is 6.18 Å². The molecule has 8 nitrogen and oxygen atoms in total. The molecule has 0 radical (unpaired) electrons. The molecular weight excluding hydrogens is 553 g/mol. The maximum Gasteiger partial charge on any atom is 0.406 e. The molecule has 1 amide bonds. The van der Waals surface area contributed by atoms with Crippen molar-refractivity contribution in [3.63, 3.8) is 0 Å². The molecule has 2 aromatic carbocycles. The van der Waals surface area contributed by atoms with Gasteiger partial charge in [-0.25, -0.2) is 4.98 Å². The first-order valence-corrected chi connectivity index (χ1v) is 13.3. The average Bonchev–Trinajstić information content (AvgIpc) is 3.53. The minimum atomic E-state index is -4.59. The first kappa shape index (κ1) is 25.8. The number of methoxy groups -OCH3 is 1. The van der Waals surface area contributed by atoms with E-state index in [1.54, 1.807) is 19.5 Å². The van der Waals surface area contributed by atoms with Gasteiger partial charge < -0.3 is 18.8 Å². The van der Waals surface area contributed by atoms with E-state index in [0.29, 0.717) is 52.3 Å². The van der Waals surface area contributed by atoms with Crippen LogP contribution >= 0.6 is 23.4 Å². The summed E-state index contributed by atoms with van der Waals surface area (Å²) in [6.07, 6.45) is -0.149. The van der Waals surface area contributed by atoms with Crippen LogP contribution in [0.25, 0.3) is 17.1 Å². The first-order valence-electron chi connectivity index (χ1n) is 12.1. The van der Waals surface area contributed by atoms with Gasteiger partial charge in [0, 0.05) is 28.2 Å². The molecule has 1 unspecified atom stereocenters. The van der Waals surface area contributed by atoms with Gasteiger partial charge in [-0.3, -0.25) is 4.79 Å². The van der Waals surface area contributed by atoms with Crippen LogP contribution in [0.3, 0.4) is 0 Å². The number of hydrogen-bond acceptors (Lipinski definition) is 6. The predicted molar refractivity (Wildman–Crippen MR) is 140 cm³/mol. The Hall–Kier alpha value is -3.51. The summed E-state index contributed by atoms with van der Waals surface area (Å²) in [6.45, 7) is 0.998. The summed E-state index contributed by atoms with van der Waals surface area (Å²) in [5.41, 5.74) is 2.53. The zero-order valence-corrected chi connectivity index (χ0v) is 22.4. The number of carbonyl (C=O) groups is 1. The molecule has 6 rings (SSSR count). The molecule has 0 bridgehead atoms. The van der Waals surface area contributed by atoms with E-state index < -0.39 is 23.4 Å². The van der Waals surface area contributed by atoms with E-state index in [0.717, 1.165) is 16.3 Å².